The highest BCUT2D eigenvalue weighted by molar-refractivity contribution is 7.90. The number of hydrogen-bond donors (Lipinski definition) is 1. The van der Waals surface area contributed by atoms with E-state index >= 15 is 0 Å². The van der Waals surface area contributed by atoms with Crippen LogP contribution in [0.4, 0.5) is 0 Å². The number of sulfone groups is 1. The van der Waals surface area contributed by atoms with Gasteiger partial charge in [-0.1, -0.05) is 35.3 Å². The summed E-state index contributed by atoms with van der Waals surface area (Å²) in [6.07, 6.45) is 1.11. The summed E-state index contributed by atoms with van der Waals surface area (Å²) in [5, 5.41) is 3.80. The molecule has 1 unspecified atom stereocenters. The van der Waals surface area contributed by atoms with Crippen molar-refractivity contribution in [1.82, 2.24) is 5.32 Å². The summed E-state index contributed by atoms with van der Waals surface area (Å²) in [5.74, 6) is -0.364. The van der Waals surface area contributed by atoms with Gasteiger partial charge in [0.2, 0.25) is 0 Å². The second kappa shape index (κ2) is 7.13. The monoisotopic (exact) mass is 385 g/mol. The van der Waals surface area contributed by atoms with E-state index in [1.165, 1.54) is 12.1 Å². The molecular weight excluding hydrogens is 369 g/mol. The normalized spacial score (nSPS) is 12.7. The largest absolute Gasteiger partial charge is 0.345 e. The van der Waals surface area contributed by atoms with Crippen LogP contribution in [0.25, 0.3) is 0 Å². The van der Waals surface area contributed by atoms with E-state index in [9.17, 15) is 13.2 Å². The summed E-state index contributed by atoms with van der Waals surface area (Å²) in [6.45, 7) is 3.55. The molecule has 0 saturated heterocycles. The van der Waals surface area contributed by atoms with Crippen molar-refractivity contribution in [3.8, 4) is 0 Å². The number of nitrogens with one attached hydrogen (secondary N) is 1. The van der Waals surface area contributed by atoms with Crippen LogP contribution >= 0.6 is 23.2 Å². The van der Waals surface area contributed by atoms with E-state index in [0.29, 0.717) is 21.2 Å². The average Bonchev–Trinajstić information content (AvgIpc) is 2.45. The summed E-state index contributed by atoms with van der Waals surface area (Å²) in [4.78, 5) is 12.6. The number of rotatable bonds is 4. The lowest BCUT2D eigenvalue weighted by Crippen LogP contribution is -2.27. The molecule has 1 N–H and O–H groups in total. The molecule has 0 aromatic heterocycles. The topological polar surface area (TPSA) is 63.2 Å². The van der Waals surface area contributed by atoms with Crippen LogP contribution in [0, 0.1) is 6.92 Å². The lowest BCUT2D eigenvalue weighted by Gasteiger charge is -2.17. The molecule has 7 heteroatoms. The number of halogens is 2. The highest BCUT2D eigenvalue weighted by Gasteiger charge is 2.18. The number of carbonyl (C=O) groups excluding carboxylic acids is 1. The van der Waals surface area contributed by atoms with Gasteiger partial charge in [-0.25, -0.2) is 8.42 Å². The SMILES string of the molecule is Cc1ccc(S(C)(=O)=O)cc1C(=O)NC(C)c1ccc(Cl)cc1Cl. The Bertz CT molecular complexity index is 895. The maximum atomic E-state index is 12.5. The van der Waals surface area contributed by atoms with E-state index in [4.69, 9.17) is 23.2 Å². The molecule has 0 spiro atoms. The molecule has 1 atom stereocenters. The molecule has 0 aliphatic heterocycles. The van der Waals surface area contributed by atoms with Crippen LogP contribution < -0.4 is 5.32 Å². The second-order valence-electron chi connectivity index (χ2n) is 5.61. The van der Waals surface area contributed by atoms with Gasteiger partial charge in [0, 0.05) is 21.9 Å². The lowest BCUT2D eigenvalue weighted by molar-refractivity contribution is 0.0939. The minimum Gasteiger partial charge on any atom is -0.345 e. The Hall–Kier alpha value is -1.56. The predicted molar refractivity (Wildman–Crippen MR) is 96.6 cm³/mol. The van der Waals surface area contributed by atoms with Crippen molar-refractivity contribution in [2.45, 2.75) is 24.8 Å². The Labute approximate surface area is 151 Å². The van der Waals surface area contributed by atoms with Gasteiger partial charge in [0.05, 0.1) is 10.9 Å². The summed E-state index contributed by atoms with van der Waals surface area (Å²) in [5.41, 5.74) is 1.73. The Balaban J connectivity index is 2.29. The molecule has 2 aromatic rings. The quantitative estimate of drug-likeness (QED) is 0.857. The highest BCUT2D eigenvalue weighted by atomic mass is 35.5. The Morgan fingerprint density at radius 2 is 1.79 bits per heavy atom. The van der Waals surface area contributed by atoms with Crippen molar-refractivity contribution in [1.29, 1.82) is 0 Å². The van der Waals surface area contributed by atoms with Gasteiger partial charge in [-0.2, -0.15) is 0 Å². The first kappa shape index (κ1) is 18.8. The van der Waals surface area contributed by atoms with Gasteiger partial charge in [-0.3, -0.25) is 4.79 Å². The van der Waals surface area contributed by atoms with Gasteiger partial charge in [0.15, 0.2) is 9.84 Å². The van der Waals surface area contributed by atoms with Crippen LogP contribution in [0.5, 0.6) is 0 Å². The molecule has 0 aliphatic carbocycles. The molecule has 2 rings (SSSR count). The number of amides is 1. The van der Waals surface area contributed by atoms with E-state index in [1.807, 2.05) is 0 Å². The fourth-order valence-corrected chi connectivity index (χ4v) is 3.50. The smallest absolute Gasteiger partial charge is 0.252 e. The van der Waals surface area contributed by atoms with Crippen molar-refractivity contribution >= 4 is 38.9 Å². The third kappa shape index (κ3) is 4.29. The molecule has 0 radical (unpaired) electrons. The van der Waals surface area contributed by atoms with Gasteiger partial charge < -0.3 is 5.32 Å². The van der Waals surface area contributed by atoms with E-state index in [1.54, 1.807) is 38.1 Å². The van der Waals surface area contributed by atoms with Crippen molar-refractivity contribution in [2.24, 2.45) is 0 Å². The zero-order chi connectivity index (χ0) is 18.1. The van der Waals surface area contributed by atoms with Crippen LogP contribution in [0.15, 0.2) is 41.3 Å². The summed E-state index contributed by atoms with van der Waals surface area (Å²) >= 11 is 12.0. The summed E-state index contributed by atoms with van der Waals surface area (Å²) in [7, 11) is -3.38. The Kier molecular flexibility index (Phi) is 5.58. The molecular formula is C17H17Cl2NO3S. The Morgan fingerprint density at radius 1 is 1.12 bits per heavy atom. The number of hydrogen-bond acceptors (Lipinski definition) is 3. The van der Waals surface area contributed by atoms with Crippen molar-refractivity contribution in [3.63, 3.8) is 0 Å². The van der Waals surface area contributed by atoms with Gasteiger partial charge in [-0.15, -0.1) is 0 Å². The molecule has 0 saturated carbocycles. The molecule has 1 amide bonds. The van der Waals surface area contributed by atoms with E-state index in [-0.39, 0.29) is 16.8 Å². The van der Waals surface area contributed by atoms with Crippen LogP contribution in [-0.4, -0.2) is 20.6 Å². The molecule has 24 heavy (non-hydrogen) atoms. The van der Waals surface area contributed by atoms with E-state index in [0.717, 1.165) is 11.8 Å². The fourth-order valence-electron chi connectivity index (χ4n) is 2.28. The van der Waals surface area contributed by atoms with Gasteiger partial charge >= 0.3 is 0 Å². The maximum Gasteiger partial charge on any atom is 0.252 e. The summed E-state index contributed by atoms with van der Waals surface area (Å²) in [6, 6.07) is 9.18. The van der Waals surface area contributed by atoms with Crippen molar-refractivity contribution in [2.75, 3.05) is 6.26 Å². The molecule has 0 fully saturated rings. The van der Waals surface area contributed by atoms with E-state index in [2.05, 4.69) is 5.32 Å². The van der Waals surface area contributed by atoms with E-state index < -0.39 is 9.84 Å². The maximum absolute atomic E-state index is 12.5. The van der Waals surface area contributed by atoms with Crippen LogP contribution in [0.2, 0.25) is 10.0 Å². The van der Waals surface area contributed by atoms with Crippen LogP contribution in [0.3, 0.4) is 0 Å². The molecule has 0 bridgehead atoms. The second-order valence-corrected chi connectivity index (χ2v) is 8.47. The average molecular weight is 386 g/mol. The van der Waals surface area contributed by atoms with Crippen molar-refractivity contribution in [3.05, 3.63) is 63.1 Å². The minimum absolute atomic E-state index is 0.107. The van der Waals surface area contributed by atoms with Crippen LogP contribution in [0.1, 0.15) is 34.5 Å². The zero-order valence-electron chi connectivity index (χ0n) is 13.4. The third-order valence-corrected chi connectivity index (χ3v) is 5.33. The molecule has 0 aliphatic rings. The predicted octanol–water partition coefficient (Wildman–Crippen LogP) is 4.20. The first-order valence-corrected chi connectivity index (χ1v) is 9.81. The molecule has 0 heterocycles. The number of benzene rings is 2. The molecule has 128 valence electrons. The van der Waals surface area contributed by atoms with Gasteiger partial charge in [0.1, 0.15) is 0 Å². The molecule has 4 nitrogen and oxygen atoms in total. The number of aryl methyl sites for hydroxylation is 1. The fraction of sp³-hybridized carbons (Fsp3) is 0.235. The molecule has 2 aromatic carbocycles. The first-order valence-electron chi connectivity index (χ1n) is 7.16. The standard InChI is InChI=1S/C17H17Cl2NO3S/c1-10-4-6-13(24(3,22)23)9-15(10)17(21)20-11(2)14-7-5-12(18)8-16(14)19/h4-9,11H,1-3H3,(H,20,21). The van der Waals surface area contributed by atoms with Crippen LogP contribution in [-0.2, 0) is 9.84 Å². The highest BCUT2D eigenvalue weighted by Crippen LogP contribution is 2.26. The minimum atomic E-state index is -3.38. The first-order chi connectivity index (χ1) is 11.1. The van der Waals surface area contributed by atoms with Gasteiger partial charge in [-0.05, 0) is 49.2 Å². The lowest BCUT2D eigenvalue weighted by atomic mass is 10.1. The van der Waals surface area contributed by atoms with Crippen molar-refractivity contribution < 1.29 is 13.2 Å². The third-order valence-electron chi connectivity index (χ3n) is 3.66. The van der Waals surface area contributed by atoms with Gasteiger partial charge in [0.25, 0.3) is 5.91 Å². The Morgan fingerprint density at radius 3 is 2.38 bits per heavy atom. The number of carbonyl (C=O) groups is 1. The summed E-state index contributed by atoms with van der Waals surface area (Å²) < 4.78 is 23.4. The zero-order valence-corrected chi connectivity index (χ0v) is 15.8.